The zero-order valence-electron chi connectivity index (χ0n) is 17.6. The largest absolute Gasteiger partial charge is 0.354 e. The lowest BCUT2D eigenvalue weighted by atomic mass is 10.0. The molecule has 0 radical (unpaired) electrons. The number of carbonyl (C=O) groups is 2. The number of para-hydroxylation sites is 1. The van der Waals surface area contributed by atoms with Crippen molar-refractivity contribution < 1.29 is 9.59 Å². The summed E-state index contributed by atoms with van der Waals surface area (Å²) in [6.45, 7) is 5.34. The van der Waals surface area contributed by atoms with Crippen molar-refractivity contribution >= 4 is 45.8 Å². The van der Waals surface area contributed by atoms with E-state index in [2.05, 4.69) is 35.9 Å². The number of hydrogen-bond donors (Lipinski definition) is 1. The van der Waals surface area contributed by atoms with E-state index in [0.29, 0.717) is 24.8 Å². The lowest BCUT2D eigenvalue weighted by Gasteiger charge is -2.29. The van der Waals surface area contributed by atoms with Crippen LogP contribution in [0.3, 0.4) is 0 Å². The van der Waals surface area contributed by atoms with Gasteiger partial charge in [-0.15, -0.1) is 11.3 Å². The number of nitrogens with one attached hydrogen (secondary N) is 1. The Kier molecular flexibility index (Phi) is 6.20. The topological polar surface area (TPSA) is 54.3 Å². The van der Waals surface area contributed by atoms with Gasteiger partial charge in [0.15, 0.2) is 0 Å². The van der Waals surface area contributed by atoms with Crippen LogP contribution in [0.4, 0.5) is 0 Å². The quantitative estimate of drug-likeness (QED) is 0.609. The highest BCUT2D eigenvalue weighted by Gasteiger charge is 2.38. The van der Waals surface area contributed by atoms with Crippen molar-refractivity contribution in [1.82, 2.24) is 14.8 Å². The third kappa shape index (κ3) is 4.01. The summed E-state index contributed by atoms with van der Waals surface area (Å²) in [6, 6.07) is 11.5. The van der Waals surface area contributed by atoms with Crippen molar-refractivity contribution in [2.24, 2.45) is 13.0 Å². The molecule has 158 valence electrons. The van der Waals surface area contributed by atoms with Gasteiger partial charge >= 0.3 is 0 Å². The minimum absolute atomic E-state index is 0.00214. The molecule has 3 heterocycles. The molecule has 2 amide bonds. The minimum Gasteiger partial charge on any atom is -0.354 e. The number of amides is 2. The van der Waals surface area contributed by atoms with Gasteiger partial charge in [0.1, 0.15) is 6.04 Å². The van der Waals surface area contributed by atoms with Crippen LogP contribution in [0.5, 0.6) is 0 Å². The predicted octanol–water partition coefficient (Wildman–Crippen LogP) is 4.58. The number of aromatic nitrogens is 1. The molecule has 1 aliphatic rings. The standard InChI is InChI=1S/C23H27N3O2S2/c1-15(2)10-11-24-22(28)21-20-17-8-4-5-9-18(17)25(3)23(20)30-14-19(27)26(21)13-16-7-6-12-29-16/h4-9,12,15,21H,10-11,13-14H2,1-3H3,(H,24,28)/t21-/m0/s1. The molecule has 2 aromatic heterocycles. The molecule has 7 heteroatoms. The first-order chi connectivity index (χ1) is 14.5. The van der Waals surface area contributed by atoms with E-state index in [0.717, 1.165) is 32.8 Å². The number of carbonyl (C=O) groups excluding carboxylic acids is 2. The average Bonchev–Trinajstić information content (AvgIpc) is 3.29. The lowest BCUT2D eigenvalue weighted by molar-refractivity contribution is -0.139. The van der Waals surface area contributed by atoms with E-state index in [1.165, 1.54) is 11.8 Å². The molecule has 4 rings (SSSR count). The summed E-state index contributed by atoms with van der Waals surface area (Å²) in [5, 5.41) is 7.16. The number of thioether (sulfide) groups is 1. The van der Waals surface area contributed by atoms with Crippen LogP contribution < -0.4 is 5.32 Å². The molecule has 1 aliphatic heterocycles. The van der Waals surface area contributed by atoms with Crippen molar-refractivity contribution in [1.29, 1.82) is 0 Å². The number of hydrogen-bond acceptors (Lipinski definition) is 4. The summed E-state index contributed by atoms with van der Waals surface area (Å²) in [5.74, 6) is 0.739. The molecule has 1 N–H and O–H groups in total. The third-order valence-corrected chi connectivity index (χ3v) is 7.52. The van der Waals surface area contributed by atoms with Crippen LogP contribution in [0, 0.1) is 5.92 Å². The molecule has 1 aromatic carbocycles. The summed E-state index contributed by atoms with van der Waals surface area (Å²) in [4.78, 5) is 29.5. The van der Waals surface area contributed by atoms with Crippen molar-refractivity contribution in [3.05, 3.63) is 52.2 Å². The molecule has 0 saturated carbocycles. The maximum absolute atomic E-state index is 13.5. The van der Waals surface area contributed by atoms with Gasteiger partial charge in [-0.2, -0.15) is 0 Å². The lowest BCUT2D eigenvalue weighted by Crippen LogP contribution is -2.43. The van der Waals surface area contributed by atoms with Crippen LogP contribution in [-0.4, -0.2) is 33.6 Å². The van der Waals surface area contributed by atoms with Crippen LogP contribution in [-0.2, 0) is 23.2 Å². The SMILES string of the molecule is CC(C)CCNC(=O)[C@@H]1c2c(n(C)c3ccccc23)SCC(=O)N1Cc1cccs1. The van der Waals surface area contributed by atoms with E-state index in [-0.39, 0.29) is 11.8 Å². The number of nitrogens with zero attached hydrogens (tertiary/aromatic N) is 2. The molecule has 3 aromatic rings. The highest BCUT2D eigenvalue weighted by Crippen LogP contribution is 2.42. The second kappa shape index (κ2) is 8.86. The molecule has 0 saturated heterocycles. The summed E-state index contributed by atoms with van der Waals surface area (Å²) in [7, 11) is 2.02. The maximum atomic E-state index is 13.5. The van der Waals surface area contributed by atoms with Gasteiger partial charge in [0.2, 0.25) is 11.8 Å². The fraction of sp³-hybridized carbons (Fsp3) is 0.391. The van der Waals surface area contributed by atoms with E-state index in [1.807, 2.05) is 36.7 Å². The first-order valence-corrected chi connectivity index (χ1v) is 12.1. The summed E-state index contributed by atoms with van der Waals surface area (Å²) in [6.07, 6.45) is 0.911. The molecule has 0 bridgehead atoms. The second-order valence-corrected chi connectivity index (χ2v) is 10.1. The normalized spacial score (nSPS) is 16.7. The number of benzene rings is 1. The smallest absolute Gasteiger partial charge is 0.247 e. The highest BCUT2D eigenvalue weighted by molar-refractivity contribution is 8.00. The maximum Gasteiger partial charge on any atom is 0.247 e. The van der Waals surface area contributed by atoms with Crippen LogP contribution in [0.2, 0.25) is 0 Å². The molecule has 0 fully saturated rings. The molecule has 30 heavy (non-hydrogen) atoms. The number of thiophene rings is 1. The van der Waals surface area contributed by atoms with E-state index in [1.54, 1.807) is 16.2 Å². The van der Waals surface area contributed by atoms with E-state index >= 15 is 0 Å². The monoisotopic (exact) mass is 441 g/mol. The van der Waals surface area contributed by atoms with Crippen LogP contribution >= 0.6 is 23.1 Å². The fourth-order valence-electron chi connectivity index (χ4n) is 3.95. The third-order valence-electron chi connectivity index (χ3n) is 5.50. The Balaban J connectivity index is 1.80. The van der Waals surface area contributed by atoms with E-state index in [4.69, 9.17) is 0 Å². The van der Waals surface area contributed by atoms with Crippen molar-refractivity contribution in [3.63, 3.8) is 0 Å². The van der Waals surface area contributed by atoms with Crippen LogP contribution in [0.25, 0.3) is 10.9 Å². The molecule has 1 atom stereocenters. The van der Waals surface area contributed by atoms with Gasteiger partial charge in [-0.05, 0) is 29.9 Å². The van der Waals surface area contributed by atoms with Gasteiger partial charge in [0.05, 0.1) is 17.3 Å². The molecular formula is C23H27N3O2S2. The van der Waals surface area contributed by atoms with Gasteiger partial charge < -0.3 is 14.8 Å². The first kappa shape index (κ1) is 21.0. The molecular weight excluding hydrogens is 414 g/mol. The number of rotatable bonds is 6. The Labute approximate surface area is 185 Å². The van der Waals surface area contributed by atoms with Crippen LogP contribution in [0.15, 0.2) is 46.8 Å². The van der Waals surface area contributed by atoms with Gasteiger partial charge in [-0.1, -0.05) is 49.9 Å². The Morgan fingerprint density at radius 1 is 1.23 bits per heavy atom. The van der Waals surface area contributed by atoms with Crippen molar-refractivity contribution in [2.45, 2.75) is 37.9 Å². The summed E-state index contributed by atoms with van der Waals surface area (Å²) >= 11 is 3.14. The van der Waals surface area contributed by atoms with Gasteiger partial charge in [0.25, 0.3) is 0 Å². The van der Waals surface area contributed by atoms with Crippen molar-refractivity contribution in [3.8, 4) is 0 Å². The van der Waals surface area contributed by atoms with Crippen LogP contribution in [0.1, 0.15) is 36.8 Å². The highest BCUT2D eigenvalue weighted by atomic mass is 32.2. The Hall–Kier alpha value is -2.25. The average molecular weight is 442 g/mol. The van der Waals surface area contributed by atoms with Gasteiger partial charge in [-0.3, -0.25) is 9.59 Å². The minimum atomic E-state index is -0.636. The Morgan fingerprint density at radius 3 is 2.77 bits per heavy atom. The second-order valence-electron chi connectivity index (χ2n) is 8.06. The van der Waals surface area contributed by atoms with Gasteiger partial charge in [0, 0.05) is 34.9 Å². The molecule has 5 nitrogen and oxygen atoms in total. The fourth-order valence-corrected chi connectivity index (χ4v) is 5.75. The number of aryl methyl sites for hydroxylation is 1. The van der Waals surface area contributed by atoms with E-state index < -0.39 is 6.04 Å². The zero-order valence-corrected chi connectivity index (χ0v) is 19.2. The first-order valence-electron chi connectivity index (χ1n) is 10.3. The van der Waals surface area contributed by atoms with Gasteiger partial charge in [-0.25, -0.2) is 0 Å². The molecule has 0 spiro atoms. The van der Waals surface area contributed by atoms with Crippen molar-refractivity contribution in [2.75, 3.05) is 12.3 Å². The Morgan fingerprint density at radius 2 is 2.03 bits per heavy atom. The Bertz CT molecular complexity index is 1060. The number of fused-ring (bicyclic) bond motifs is 3. The molecule has 0 unspecified atom stereocenters. The summed E-state index contributed by atoms with van der Waals surface area (Å²) in [5.41, 5.74) is 2.03. The van der Waals surface area contributed by atoms with E-state index in [9.17, 15) is 9.59 Å². The zero-order chi connectivity index (χ0) is 21.3. The molecule has 0 aliphatic carbocycles. The predicted molar refractivity (Wildman–Crippen MR) is 124 cm³/mol. The summed E-state index contributed by atoms with van der Waals surface area (Å²) < 4.78 is 2.12.